The lowest BCUT2D eigenvalue weighted by atomic mass is 10.1. The summed E-state index contributed by atoms with van der Waals surface area (Å²) in [7, 11) is 0. The zero-order chi connectivity index (χ0) is 14.9. The second-order valence-electron chi connectivity index (χ2n) is 5.31. The van der Waals surface area contributed by atoms with Gasteiger partial charge in [0, 0.05) is 19.6 Å². The molecule has 1 saturated heterocycles. The molecule has 0 saturated carbocycles. The van der Waals surface area contributed by atoms with E-state index in [2.05, 4.69) is 27.3 Å². The number of hydrogen-bond donors (Lipinski definition) is 2. The fraction of sp³-hybridized carbons (Fsp3) is 0.500. The second-order valence-corrected chi connectivity index (χ2v) is 5.31. The molecule has 5 heteroatoms. The summed E-state index contributed by atoms with van der Waals surface area (Å²) in [6.45, 7) is 2.63. The minimum Gasteiger partial charge on any atom is -0.370 e. The molecule has 0 radical (unpaired) electrons. The summed E-state index contributed by atoms with van der Waals surface area (Å²) in [5.74, 6) is 0.416. The van der Waals surface area contributed by atoms with Crippen molar-refractivity contribution < 1.29 is 4.79 Å². The quantitative estimate of drug-likeness (QED) is 0.630. The molecule has 1 aliphatic rings. The van der Waals surface area contributed by atoms with Gasteiger partial charge in [0.25, 0.3) is 0 Å². The van der Waals surface area contributed by atoms with E-state index in [1.54, 1.807) is 0 Å². The summed E-state index contributed by atoms with van der Waals surface area (Å²) in [4.78, 5) is 18.0. The fourth-order valence-corrected chi connectivity index (χ4v) is 2.42. The van der Waals surface area contributed by atoms with Crippen LogP contribution in [-0.4, -0.2) is 42.9 Å². The van der Waals surface area contributed by atoms with Crippen LogP contribution in [0, 0.1) is 0 Å². The molecule has 1 amide bonds. The van der Waals surface area contributed by atoms with Crippen LogP contribution >= 0.6 is 0 Å². The molecule has 0 atom stereocenters. The number of guanidine groups is 1. The maximum Gasteiger partial charge on any atom is 0.241 e. The number of benzene rings is 1. The minimum atomic E-state index is -0.0779. The first kappa shape index (κ1) is 15.4. The highest BCUT2D eigenvalue weighted by Gasteiger charge is 2.12. The third-order valence-electron chi connectivity index (χ3n) is 3.64. The summed E-state index contributed by atoms with van der Waals surface area (Å²) in [6.07, 6.45) is 4.39. The first-order chi connectivity index (χ1) is 10.3. The fourth-order valence-electron chi connectivity index (χ4n) is 2.42. The molecule has 0 aliphatic carbocycles. The van der Waals surface area contributed by atoms with Crippen LogP contribution in [-0.2, 0) is 11.2 Å². The Kier molecular flexibility index (Phi) is 6.06. The van der Waals surface area contributed by atoms with Gasteiger partial charge in [0.2, 0.25) is 5.91 Å². The van der Waals surface area contributed by atoms with Crippen LogP contribution < -0.4 is 11.1 Å². The molecule has 0 aromatic heterocycles. The zero-order valence-electron chi connectivity index (χ0n) is 12.4. The normalized spacial score (nSPS) is 15.8. The van der Waals surface area contributed by atoms with E-state index in [1.807, 2.05) is 18.2 Å². The summed E-state index contributed by atoms with van der Waals surface area (Å²) in [5.41, 5.74) is 7.13. The Labute approximate surface area is 126 Å². The van der Waals surface area contributed by atoms with Gasteiger partial charge in [-0.3, -0.25) is 4.79 Å². The van der Waals surface area contributed by atoms with Crippen LogP contribution in [0.4, 0.5) is 0 Å². The van der Waals surface area contributed by atoms with Gasteiger partial charge in [0.05, 0.1) is 0 Å². The summed E-state index contributed by atoms with van der Waals surface area (Å²) in [6, 6.07) is 10.1. The molecular formula is C16H24N4O. The third kappa shape index (κ3) is 5.45. The van der Waals surface area contributed by atoms with Crippen LogP contribution in [0.5, 0.6) is 0 Å². The molecule has 1 aromatic carbocycles. The number of amides is 1. The number of carbonyl (C=O) groups excluding carboxylic acids is 1. The lowest BCUT2D eigenvalue weighted by molar-refractivity contribution is -0.119. The van der Waals surface area contributed by atoms with Crippen molar-refractivity contribution >= 4 is 11.9 Å². The van der Waals surface area contributed by atoms with Crippen LogP contribution in [0.15, 0.2) is 35.3 Å². The van der Waals surface area contributed by atoms with Crippen molar-refractivity contribution in [2.24, 2.45) is 10.7 Å². The van der Waals surface area contributed by atoms with Gasteiger partial charge in [0.15, 0.2) is 5.96 Å². The average Bonchev–Trinajstić information content (AvgIpc) is 2.54. The van der Waals surface area contributed by atoms with E-state index in [0.29, 0.717) is 12.5 Å². The Morgan fingerprint density at radius 2 is 1.90 bits per heavy atom. The highest BCUT2D eigenvalue weighted by atomic mass is 16.1. The number of rotatable bonds is 5. The Morgan fingerprint density at radius 3 is 2.62 bits per heavy atom. The van der Waals surface area contributed by atoms with Crippen LogP contribution in [0.2, 0.25) is 0 Å². The van der Waals surface area contributed by atoms with Crippen molar-refractivity contribution in [3.63, 3.8) is 0 Å². The Bertz CT molecular complexity index is 466. The number of aliphatic imine (C=N–C) groups is 1. The van der Waals surface area contributed by atoms with Crippen LogP contribution in [0.3, 0.4) is 0 Å². The molecule has 1 heterocycles. The predicted octanol–water partition coefficient (Wildman–Crippen LogP) is 1.15. The van der Waals surface area contributed by atoms with Gasteiger partial charge in [-0.1, -0.05) is 30.3 Å². The summed E-state index contributed by atoms with van der Waals surface area (Å²) < 4.78 is 0. The van der Waals surface area contributed by atoms with Crippen molar-refractivity contribution in [2.45, 2.75) is 25.7 Å². The number of nitrogens with two attached hydrogens (primary N) is 1. The van der Waals surface area contributed by atoms with E-state index in [-0.39, 0.29) is 12.5 Å². The topological polar surface area (TPSA) is 70.7 Å². The molecule has 3 N–H and O–H groups in total. The number of hydrogen-bond acceptors (Lipinski definition) is 2. The maximum atomic E-state index is 11.7. The molecule has 5 nitrogen and oxygen atoms in total. The van der Waals surface area contributed by atoms with Gasteiger partial charge < -0.3 is 16.0 Å². The lowest BCUT2D eigenvalue weighted by Crippen LogP contribution is -2.41. The van der Waals surface area contributed by atoms with Crippen molar-refractivity contribution in [3.05, 3.63) is 35.9 Å². The van der Waals surface area contributed by atoms with Gasteiger partial charge in [-0.15, -0.1) is 0 Å². The smallest absolute Gasteiger partial charge is 0.241 e. The van der Waals surface area contributed by atoms with Crippen molar-refractivity contribution in [1.82, 2.24) is 10.2 Å². The van der Waals surface area contributed by atoms with Gasteiger partial charge in [0.1, 0.15) is 6.54 Å². The first-order valence-electron chi connectivity index (χ1n) is 7.61. The number of nitrogens with one attached hydrogen (secondary N) is 1. The number of likely N-dealkylation sites (tertiary alicyclic amines) is 1. The Balaban J connectivity index is 1.67. The van der Waals surface area contributed by atoms with Gasteiger partial charge in [-0.05, 0) is 31.2 Å². The monoisotopic (exact) mass is 288 g/mol. The molecule has 1 fully saturated rings. The largest absolute Gasteiger partial charge is 0.370 e. The highest BCUT2D eigenvalue weighted by molar-refractivity contribution is 5.84. The number of piperidine rings is 1. The van der Waals surface area contributed by atoms with E-state index in [0.717, 1.165) is 32.4 Å². The molecule has 0 spiro atoms. The van der Waals surface area contributed by atoms with Gasteiger partial charge in [-0.25, -0.2) is 4.99 Å². The predicted molar refractivity (Wildman–Crippen MR) is 85.1 cm³/mol. The average molecular weight is 288 g/mol. The Hall–Kier alpha value is -2.04. The van der Waals surface area contributed by atoms with E-state index < -0.39 is 0 Å². The standard InChI is InChI=1S/C16H24N4O/c17-16(20-11-5-2-6-12-20)19-13-15(21)18-10-9-14-7-3-1-4-8-14/h1,3-4,7-8H,2,5-6,9-13H2,(H2,17,19)(H,18,21). The van der Waals surface area contributed by atoms with E-state index in [4.69, 9.17) is 5.73 Å². The van der Waals surface area contributed by atoms with E-state index in [1.165, 1.54) is 12.0 Å². The summed E-state index contributed by atoms with van der Waals surface area (Å²) in [5, 5.41) is 2.87. The van der Waals surface area contributed by atoms with E-state index in [9.17, 15) is 4.79 Å². The maximum absolute atomic E-state index is 11.7. The van der Waals surface area contributed by atoms with E-state index >= 15 is 0 Å². The molecule has 1 aliphatic heterocycles. The zero-order valence-corrected chi connectivity index (χ0v) is 12.4. The highest BCUT2D eigenvalue weighted by Crippen LogP contribution is 2.07. The van der Waals surface area contributed by atoms with Gasteiger partial charge >= 0.3 is 0 Å². The van der Waals surface area contributed by atoms with Gasteiger partial charge in [-0.2, -0.15) is 0 Å². The Morgan fingerprint density at radius 1 is 1.19 bits per heavy atom. The lowest BCUT2D eigenvalue weighted by Gasteiger charge is -2.27. The van der Waals surface area contributed by atoms with Crippen molar-refractivity contribution in [1.29, 1.82) is 0 Å². The third-order valence-corrected chi connectivity index (χ3v) is 3.64. The summed E-state index contributed by atoms with van der Waals surface area (Å²) >= 11 is 0. The number of carbonyl (C=O) groups is 1. The molecule has 114 valence electrons. The van der Waals surface area contributed by atoms with Crippen molar-refractivity contribution in [3.8, 4) is 0 Å². The minimum absolute atomic E-state index is 0.0779. The molecular weight excluding hydrogens is 264 g/mol. The number of nitrogens with zero attached hydrogens (tertiary/aromatic N) is 2. The molecule has 21 heavy (non-hydrogen) atoms. The molecule has 0 bridgehead atoms. The van der Waals surface area contributed by atoms with Crippen molar-refractivity contribution in [2.75, 3.05) is 26.2 Å². The first-order valence-corrected chi connectivity index (χ1v) is 7.61. The SMILES string of the molecule is NC(=NCC(=O)NCCc1ccccc1)N1CCCCC1. The van der Waals surface area contributed by atoms with Crippen LogP contribution in [0.1, 0.15) is 24.8 Å². The molecule has 1 aromatic rings. The second kappa shape index (κ2) is 8.29. The molecule has 0 unspecified atom stereocenters. The molecule has 2 rings (SSSR count). The van der Waals surface area contributed by atoms with Crippen LogP contribution in [0.25, 0.3) is 0 Å².